The number of halogens is 2. The van der Waals surface area contributed by atoms with Crippen molar-refractivity contribution in [1.29, 1.82) is 0 Å². The van der Waals surface area contributed by atoms with Crippen LogP contribution in [0.2, 0.25) is 0 Å². The van der Waals surface area contributed by atoms with Crippen LogP contribution in [0.5, 0.6) is 0 Å². The molecule has 0 aliphatic heterocycles. The predicted octanol–water partition coefficient (Wildman–Crippen LogP) is 4.90. The number of aliphatic hydroxyl groups excluding tert-OH is 1. The molecule has 41 heavy (non-hydrogen) atoms. The summed E-state index contributed by atoms with van der Waals surface area (Å²) >= 11 is 0. The first-order valence-corrected chi connectivity index (χ1v) is 15.3. The summed E-state index contributed by atoms with van der Waals surface area (Å²) in [5, 5.41) is 11.6. The van der Waals surface area contributed by atoms with Gasteiger partial charge in [-0.2, -0.15) is 0 Å². The van der Waals surface area contributed by atoms with Gasteiger partial charge in [0.1, 0.15) is 12.9 Å². The SMILES string of the molecule is CCC1CCC(CC(=O)O[C@]2(C(=O)OCN)[C@H](C)C[C@H]3[C@@H]4C[C@H](F)C5=CC(=O)C=C[C@]5(C)[C@@]4(F)[C@@H](O)C[C@@]32C)CC1. The summed E-state index contributed by atoms with van der Waals surface area (Å²) in [5.74, 6) is -3.10. The molecule has 0 amide bonds. The number of aliphatic hydroxyl groups is 1. The maximum absolute atomic E-state index is 17.5. The summed E-state index contributed by atoms with van der Waals surface area (Å²) in [6.07, 6.45) is 5.59. The van der Waals surface area contributed by atoms with Crippen LogP contribution >= 0.6 is 0 Å². The van der Waals surface area contributed by atoms with Crippen molar-refractivity contribution in [1.82, 2.24) is 0 Å². The van der Waals surface area contributed by atoms with Crippen LogP contribution in [0.25, 0.3) is 0 Å². The lowest BCUT2D eigenvalue weighted by atomic mass is 9.44. The quantitative estimate of drug-likeness (QED) is 0.341. The minimum absolute atomic E-state index is 0.0375. The normalized spacial score (nSPS) is 47.1. The zero-order chi connectivity index (χ0) is 30.0. The second kappa shape index (κ2) is 10.5. The highest BCUT2D eigenvalue weighted by atomic mass is 19.1. The number of alkyl halides is 2. The molecule has 0 saturated heterocycles. The molecule has 0 spiro atoms. The van der Waals surface area contributed by atoms with Crippen LogP contribution in [-0.2, 0) is 23.9 Å². The number of rotatable bonds is 6. The molecule has 0 aromatic carbocycles. The van der Waals surface area contributed by atoms with Crippen molar-refractivity contribution in [2.75, 3.05) is 6.73 Å². The number of carbonyl (C=O) groups is 3. The van der Waals surface area contributed by atoms with Gasteiger partial charge in [-0.1, -0.05) is 46.1 Å². The lowest BCUT2D eigenvalue weighted by Gasteiger charge is -2.63. The molecule has 0 aromatic rings. The van der Waals surface area contributed by atoms with Crippen LogP contribution in [0.4, 0.5) is 8.78 Å². The molecule has 228 valence electrons. The van der Waals surface area contributed by atoms with Gasteiger partial charge in [0.05, 0.1) is 6.10 Å². The van der Waals surface area contributed by atoms with Gasteiger partial charge in [0.2, 0.25) is 5.60 Å². The minimum atomic E-state index is -2.29. The molecule has 5 aliphatic rings. The Hall–Kier alpha value is -2.13. The summed E-state index contributed by atoms with van der Waals surface area (Å²) in [5.41, 5.74) is -1.23. The largest absolute Gasteiger partial charge is 0.447 e. The average Bonchev–Trinajstić information content (AvgIpc) is 3.14. The van der Waals surface area contributed by atoms with E-state index >= 15 is 8.78 Å². The van der Waals surface area contributed by atoms with Gasteiger partial charge in [-0.15, -0.1) is 0 Å². The van der Waals surface area contributed by atoms with Crippen molar-refractivity contribution >= 4 is 17.7 Å². The first-order chi connectivity index (χ1) is 19.3. The lowest BCUT2D eigenvalue weighted by molar-refractivity contribution is -0.239. The standard InChI is InChI=1S/C32H45F2NO6/c1-5-19-6-8-20(9-7-19)13-27(38)41-32(28(39)40-17-35)18(2)12-22-23-15-25(33)24-14-21(36)10-11-29(24,3)31(23,34)26(37)16-30(22,32)4/h10-11,14,18-20,22-23,25-26,37H,5-9,12-13,15-17,35H2,1-4H3/t18-,19?,20?,22+,23+,25+,26+,29+,30+,31+,32+/m1/s1. The molecular weight excluding hydrogens is 532 g/mol. The van der Waals surface area contributed by atoms with Gasteiger partial charge in [-0.05, 0) is 74.5 Å². The lowest BCUT2D eigenvalue weighted by Crippen LogP contribution is -2.71. The summed E-state index contributed by atoms with van der Waals surface area (Å²) in [6, 6.07) is 0. The molecule has 5 aliphatic carbocycles. The van der Waals surface area contributed by atoms with Crippen LogP contribution in [0.3, 0.4) is 0 Å². The monoisotopic (exact) mass is 577 g/mol. The predicted molar refractivity (Wildman–Crippen MR) is 148 cm³/mol. The Balaban J connectivity index is 1.50. The smallest absolute Gasteiger partial charge is 0.352 e. The highest BCUT2D eigenvalue weighted by molar-refractivity contribution is 6.01. The number of ether oxygens (including phenoxy) is 2. The molecule has 0 aromatic heterocycles. The van der Waals surface area contributed by atoms with Gasteiger partial charge in [-0.3, -0.25) is 15.3 Å². The molecule has 9 atom stereocenters. The fourth-order valence-electron chi connectivity index (χ4n) is 9.70. The maximum Gasteiger partial charge on any atom is 0.352 e. The molecular formula is C32H45F2NO6. The van der Waals surface area contributed by atoms with E-state index in [4.69, 9.17) is 15.2 Å². The third-order valence-corrected chi connectivity index (χ3v) is 12.0. The topological polar surface area (TPSA) is 116 Å². The van der Waals surface area contributed by atoms with Gasteiger partial charge >= 0.3 is 11.9 Å². The van der Waals surface area contributed by atoms with E-state index in [-0.39, 0.29) is 37.2 Å². The van der Waals surface area contributed by atoms with Crippen LogP contribution < -0.4 is 5.73 Å². The first kappa shape index (κ1) is 30.3. The summed E-state index contributed by atoms with van der Waals surface area (Å²) in [7, 11) is 0. The second-order valence-corrected chi connectivity index (χ2v) is 13.8. The van der Waals surface area contributed by atoms with E-state index in [1.54, 1.807) is 13.8 Å². The summed E-state index contributed by atoms with van der Waals surface area (Å²) < 4.78 is 44.9. The number of fused-ring (bicyclic) bond motifs is 5. The van der Waals surface area contributed by atoms with Gasteiger partial charge in [-0.25, -0.2) is 13.6 Å². The Morgan fingerprint density at radius 2 is 1.78 bits per heavy atom. The number of allylic oxidation sites excluding steroid dienone is 4. The van der Waals surface area contributed by atoms with Crippen molar-refractivity contribution in [2.24, 2.45) is 46.2 Å². The van der Waals surface area contributed by atoms with Crippen molar-refractivity contribution in [3.05, 3.63) is 23.8 Å². The van der Waals surface area contributed by atoms with E-state index in [0.717, 1.165) is 38.2 Å². The molecule has 0 heterocycles. The van der Waals surface area contributed by atoms with Crippen LogP contribution in [0.1, 0.15) is 85.5 Å². The van der Waals surface area contributed by atoms with E-state index in [2.05, 4.69) is 6.92 Å². The summed E-state index contributed by atoms with van der Waals surface area (Å²) in [4.78, 5) is 39.4. The van der Waals surface area contributed by atoms with Crippen molar-refractivity contribution in [3.8, 4) is 0 Å². The molecule has 0 unspecified atom stereocenters. The van der Waals surface area contributed by atoms with Crippen LogP contribution in [0, 0.1) is 40.4 Å². The Morgan fingerprint density at radius 1 is 1.12 bits per heavy atom. The number of hydrogen-bond donors (Lipinski definition) is 2. The van der Waals surface area contributed by atoms with E-state index in [9.17, 15) is 19.5 Å². The number of hydrogen-bond acceptors (Lipinski definition) is 7. The molecule has 0 radical (unpaired) electrons. The Bertz CT molecular complexity index is 1150. The highest BCUT2D eigenvalue weighted by Gasteiger charge is 2.78. The van der Waals surface area contributed by atoms with E-state index in [1.165, 1.54) is 19.1 Å². The van der Waals surface area contributed by atoms with Crippen molar-refractivity contribution < 1.29 is 37.7 Å². The van der Waals surface area contributed by atoms with Crippen LogP contribution in [-0.4, -0.2) is 53.1 Å². The zero-order valence-electron chi connectivity index (χ0n) is 24.7. The third-order valence-electron chi connectivity index (χ3n) is 12.0. The Morgan fingerprint density at radius 3 is 2.41 bits per heavy atom. The number of ketones is 1. The van der Waals surface area contributed by atoms with Crippen molar-refractivity contribution in [2.45, 2.75) is 109 Å². The molecule has 5 rings (SSSR count). The Labute approximate surface area is 241 Å². The molecule has 4 fully saturated rings. The van der Waals surface area contributed by atoms with E-state index < -0.39 is 76.6 Å². The van der Waals surface area contributed by atoms with Crippen LogP contribution in [0.15, 0.2) is 23.8 Å². The summed E-state index contributed by atoms with van der Waals surface area (Å²) in [6.45, 7) is 6.80. The third kappa shape index (κ3) is 4.27. The van der Waals surface area contributed by atoms with Gasteiger partial charge in [0.25, 0.3) is 0 Å². The van der Waals surface area contributed by atoms with Gasteiger partial charge in [0, 0.05) is 29.1 Å². The molecule has 4 saturated carbocycles. The zero-order valence-corrected chi connectivity index (χ0v) is 24.7. The maximum atomic E-state index is 17.5. The minimum Gasteiger partial charge on any atom is -0.447 e. The van der Waals surface area contributed by atoms with Crippen molar-refractivity contribution in [3.63, 3.8) is 0 Å². The first-order valence-electron chi connectivity index (χ1n) is 15.3. The van der Waals surface area contributed by atoms with Gasteiger partial charge < -0.3 is 14.6 Å². The second-order valence-electron chi connectivity index (χ2n) is 13.8. The molecule has 0 bridgehead atoms. The van der Waals surface area contributed by atoms with Gasteiger partial charge in [0.15, 0.2) is 11.5 Å². The number of carbonyl (C=O) groups excluding carboxylic acids is 3. The molecule has 7 nitrogen and oxygen atoms in total. The fraction of sp³-hybridized carbons (Fsp3) is 0.781. The number of esters is 2. The molecule has 9 heteroatoms. The highest BCUT2D eigenvalue weighted by Crippen LogP contribution is 2.71. The fourth-order valence-corrected chi connectivity index (χ4v) is 9.70. The average molecular weight is 578 g/mol. The van der Waals surface area contributed by atoms with E-state index in [0.29, 0.717) is 5.92 Å². The van der Waals surface area contributed by atoms with E-state index in [1.807, 2.05) is 0 Å². The molecule has 3 N–H and O–H groups in total. The Kier molecular flexibility index (Phi) is 7.80. The number of nitrogens with two attached hydrogens (primary N) is 1.